The molecule has 2 heterocycles. The lowest BCUT2D eigenvalue weighted by Gasteiger charge is -2.38. The second-order valence-electron chi connectivity index (χ2n) is 6.54. The minimum atomic E-state index is -0.447. The predicted molar refractivity (Wildman–Crippen MR) is 105 cm³/mol. The van der Waals surface area contributed by atoms with Crippen LogP contribution in [0.3, 0.4) is 0 Å². The van der Waals surface area contributed by atoms with E-state index < -0.39 is 5.54 Å². The standard InChI is InChI=1S/C21H19BrN2O2/c22-17-6-3-5-16(14-17)21(9-12-26-13-10-21)24-20(25)19-18-7-2-1-4-15(18)8-11-23-19/h1-8,11,14H,9-10,12-13H2,(H,24,25). The Morgan fingerprint density at radius 2 is 1.88 bits per heavy atom. The average Bonchev–Trinajstić information content (AvgIpc) is 2.68. The lowest BCUT2D eigenvalue weighted by atomic mass is 9.82. The topological polar surface area (TPSA) is 51.2 Å². The molecule has 1 aromatic heterocycles. The molecule has 0 radical (unpaired) electrons. The molecule has 26 heavy (non-hydrogen) atoms. The molecule has 2 aromatic carbocycles. The molecule has 1 aliphatic heterocycles. The number of carbonyl (C=O) groups excluding carboxylic acids is 1. The molecule has 1 aliphatic rings. The number of halogens is 1. The molecule has 0 bridgehead atoms. The van der Waals surface area contributed by atoms with Crippen molar-refractivity contribution >= 4 is 32.6 Å². The summed E-state index contributed by atoms with van der Waals surface area (Å²) in [4.78, 5) is 17.5. The van der Waals surface area contributed by atoms with Crippen LogP contribution >= 0.6 is 15.9 Å². The molecule has 4 rings (SSSR count). The number of carbonyl (C=O) groups is 1. The first-order valence-electron chi connectivity index (χ1n) is 8.68. The fourth-order valence-corrected chi connectivity index (χ4v) is 3.97. The Morgan fingerprint density at radius 3 is 2.69 bits per heavy atom. The number of benzene rings is 2. The summed E-state index contributed by atoms with van der Waals surface area (Å²) in [5, 5.41) is 5.16. The molecule has 0 unspecified atom stereocenters. The molecule has 1 fully saturated rings. The van der Waals surface area contributed by atoms with Gasteiger partial charge < -0.3 is 10.1 Å². The van der Waals surface area contributed by atoms with E-state index in [4.69, 9.17) is 4.74 Å². The summed E-state index contributed by atoms with van der Waals surface area (Å²) in [6.45, 7) is 1.24. The summed E-state index contributed by atoms with van der Waals surface area (Å²) in [6.07, 6.45) is 3.16. The zero-order valence-electron chi connectivity index (χ0n) is 14.2. The third kappa shape index (κ3) is 3.24. The molecule has 0 atom stereocenters. The molecular weight excluding hydrogens is 392 g/mol. The van der Waals surface area contributed by atoms with Crippen LogP contribution in [0, 0.1) is 0 Å². The van der Waals surface area contributed by atoms with Gasteiger partial charge in [-0.3, -0.25) is 9.78 Å². The highest BCUT2D eigenvalue weighted by Gasteiger charge is 2.36. The molecule has 1 N–H and O–H groups in total. The van der Waals surface area contributed by atoms with Gasteiger partial charge in [0.2, 0.25) is 0 Å². The van der Waals surface area contributed by atoms with Crippen LogP contribution in [-0.2, 0) is 10.3 Å². The van der Waals surface area contributed by atoms with Crippen LogP contribution in [0.25, 0.3) is 10.8 Å². The zero-order chi connectivity index (χ0) is 18.0. The Hall–Kier alpha value is -2.24. The Labute approximate surface area is 160 Å². The van der Waals surface area contributed by atoms with Crippen LogP contribution in [0.5, 0.6) is 0 Å². The Morgan fingerprint density at radius 1 is 1.08 bits per heavy atom. The van der Waals surface area contributed by atoms with Crippen molar-refractivity contribution in [2.45, 2.75) is 18.4 Å². The quantitative estimate of drug-likeness (QED) is 0.694. The fraction of sp³-hybridized carbons (Fsp3) is 0.238. The number of rotatable bonds is 3. The number of amides is 1. The van der Waals surface area contributed by atoms with Crippen molar-refractivity contribution in [1.82, 2.24) is 10.3 Å². The van der Waals surface area contributed by atoms with Crippen molar-refractivity contribution in [1.29, 1.82) is 0 Å². The number of aromatic nitrogens is 1. The van der Waals surface area contributed by atoms with Crippen molar-refractivity contribution in [2.75, 3.05) is 13.2 Å². The van der Waals surface area contributed by atoms with Crippen molar-refractivity contribution in [3.63, 3.8) is 0 Å². The van der Waals surface area contributed by atoms with Gasteiger partial charge in [0.1, 0.15) is 5.69 Å². The first-order valence-corrected chi connectivity index (χ1v) is 9.47. The number of fused-ring (bicyclic) bond motifs is 1. The number of pyridine rings is 1. The first-order chi connectivity index (χ1) is 12.7. The minimum Gasteiger partial charge on any atom is -0.381 e. The van der Waals surface area contributed by atoms with Crippen LogP contribution < -0.4 is 5.32 Å². The molecule has 0 aliphatic carbocycles. The van der Waals surface area contributed by atoms with Gasteiger partial charge in [-0.1, -0.05) is 52.3 Å². The number of hydrogen-bond acceptors (Lipinski definition) is 3. The van der Waals surface area contributed by atoms with Crippen LogP contribution in [0.1, 0.15) is 28.9 Å². The lowest BCUT2D eigenvalue weighted by Crippen LogP contribution is -2.49. The SMILES string of the molecule is O=C(NC1(c2cccc(Br)c2)CCOCC1)c1nccc2ccccc12. The molecule has 1 amide bonds. The summed E-state index contributed by atoms with van der Waals surface area (Å²) in [5.74, 6) is -0.149. The third-order valence-electron chi connectivity index (χ3n) is 4.97. The molecule has 3 aromatic rings. The molecule has 1 saturated heterocycles. The third-order valence-corrected chi connectivity index (χ3v) is 5.46. The number of hydrogen-bond donors (Lipinski definition) is 1. The van der Waals surface area contributed by atoms with E-state index in [1.54, 1.807) is 6.20 Å². The smallest absolute Gasteiger partial charge is 0.271 e. The van der Waals surface area contributed by atoms with E-state index in [1.807, 2.05) is 42.5 Å². The van der Waals surface area contributed by atoms with Gasteiger partial charge in [0, 0.05) is 29.3 Å². The van der Waals surface area contributed by atoms with Gasteiger partial charge >= 0.3 is 0 Å². The maximum absolute atomic E-state index is 13.2. The maximum atomic E-state index is 13.2. The van der Waals surface area contributed by atoms with Gasteiger partial charge in [-0.25, -0.2) is 0 Å². The van der Waals surface area contributed by atoms with Crippen LogP contribution in [-0.4, -0.2) is 24.1 Å². The second kappa shape index (κ2) is 7.17. The Kier molecular flexibility index (Phi) is 4.74. The van der Waals surface area contributed by atoms with Gasteiger partial charge in [0.15, 0.2) is 0 Å². The van der Waals surface area contributed by atoms with Crippen molar-refractivity contribution in [2.24, 2.45) is 0 Å². The summed E-state index contributed by atoms with van der Waals surface area (Å²) >= 11 is 3.54. The van der Waals surface area contributed by atoms with Gasteiger partial charge in [-0.05, 0) is 42.0 Å². The van der Waals surface area contributed by atoms with E-state index in [2.05, 4.69) is 38.4 Å². The zero-order valence-corrected chi connectivity index (χ0v) is 15.8. The van der Waals surface area contributed by atoms with E-state index in [9.17, 15) is 4.79 Å². The molecule has 0 spiro atoms. The summed E-state index contributed by atoms with van der Waals surface area (Å²) in [7, 11) is 0. The second-order valence-corrected chi connectivity index (χ2v) is 7.46. The predicted octanol–water partition coefficient (Wildman–Crippen LogP) is 4.43. The summed E-state index contributed by atoms with van der Waals surface area (Å²) < 4.78 is 6.55. The van der Waals surface area contributed by atoms with Gasteiger partial charge in [0.25, 0.3) is 5.91 Å². The summed E-state index contributed by atoms with van der Waals surface area (Å²) in [6, 6.07) is 17.9. The maximum Gasteiger partial charge on any atom is 0.271 e. The fourth-order valence-electron chi connectivity index (χ4n) is 3.57. The molecule has 4 nitrogen and oxygen atoms in total. The number of nitrogens with zero attached hydrogens (tertiary/aromatic N) is 1. The van der Waals surface area contributed by atoms with Crippen molar-refractivity contribution in [3.8, 4) is 0 Å². The number of nitrogens with one attached hydrogen (secondary N) is 1. The van der Waals surface area contributed by atoms with E-state index in [1.165, 1.54) is 0 Å². The molecule has 5 heteroatoms. The van der Waals surface area contributed by atoms with E-state index >= 15 is 0 Å². The van der Waals surface area contributed by atoms with E-state index in [-0.39, 0.29) is 5.91 Å². The van der Waals surface area contributed by atoms with Crippen LogP contribution in [0.15, 0.2) is 65.3 Å². The van der Waals surface area contributed by atoms with Crippen molar-refractivity contribution in [3.05, 3.63) is 76.5 Å². The average molecular weight is 411 g/mol. The van der Waals surface area contributed by atoms with Gasteiger partial charge in [-0.2, -0.15) is 0 Å². The number of ether oxygens (including phenoxy) is 1. The highest BCUT2D eigenvalue weighted by Crippen LogP contribution is 2.34. The Balaban J connectivity index is 1.73. The Bertz CT molecular complexity index is 946. The molecular formula is C21H19BrN2O2. The lowest BCUT2D eigenvalue weighted by molar-refractivity contribution is 0.0344. The normalized spacial score (nSPS) is 16.3. The monoisotopic (exact) mass is 410 g/mol. The highest BCUT2D eigenvalue weighted by atomic mass is 79.9. The molecule has 132 valence electrons. The molecule has 0 saturated carbocycles. The highest BCUT2D eigenvalue weighted by molar-refractivity contribution is 9.10. The van der Waals surface area contributed by atoms with Crippen molar-refractivity contribution < 1.29 is 9.53 Å². The van der Waals surface area contributed by atoms with E-state index in [0.29, 0.717) is 18.9 Å². The van der Waals surface area contributed by atoms with Crippen LogP contribution in [0.2, 0.25) is 0 Å². The van der Waals surface area contributed by atoms with E-state index in [0.717, 1.165) is 33.7 Å². The summed E-state index contributed by atoms with van der Waals surface area (Å²) in [5.41, 5.74) is 1.10. The largest absolute Gasteiger partial charge is 0.381 e. The first kappa shape index (κ1) is 17.2. The van der Waals surface area contributed by atoms with Gasteiger partial charge in [-0.15, -0.1) is 0 Å². The van der Waals surface area contributed by atoms with Crippen LogP contribution in [0.4, 0.5) is 0 Å². The van der Waals surface area contributed by atoms with Gasteiger partial charge in [0.05, 0.1) is 5.54 Å². The minimum absolute atomic E-state index is 0.149.